The third-order valence-corrected chi connectivity index (χ3v) is 5.42. The van der Waals surface area contributed by atoms with Gasteiger partial charge in [-0.05, 0) is 39.0 Å². The fourth-order valence-electron chi connectivity index (χ4n) is 3.77. The molecule has 1 aromatic rings. The Morgan fingerprint density at radius 1 is 1.25 bits per heavy atom. The van der Waals surface area contributed by atoms with E-state index in [1.165, 1.54) is 26.3 Å². The summed E-state index contributed by atoms with van der Waals surface area (Å²) in [5.41, 5.74) is 0.702. The molecule has 1 N–H and O–H groups in total. The highest BCUT2D eigenvalue weighted by atomic mass is 16.6. The molecule has 1 aliphatic heterocycles. The van der Waals surface area contributed by atoms with Gasteiger partial charge >= 0.3 is 11.9 Å². The molecule has 4 unspecified atom stereocenters. The van der Waals surface area contributed by atoms with Crippen molar-refractivity contribution in [2.75, 3.05) is 20.3 Å². The molecule has 200 valence electrons. The quantitative estimate of drug-likeness (QED) is 0.376. The average molecular weight is 507 g/mol. The number of ether oxygens (including phenoxy) is 5. The van der Waals surface area contributed by atoms with Gasteiger partial charge in [0.05, 0.1) is 19.8 Å². The molecule has 1 saturated heterocycles. The minimum Gasteiger partial charge on any atom is -0.493 e. The second kappa shape index (κ2) is 13.9. The summed E-state index contributed by atoms with van der Waals surface area (Å²) >= 11 is 0. The van der Waals surface area contributed by atoms with Crippen LogP contribution in [0.5, 0.6) is 11.5 Å². The zero-order valence-corrected chi connectivity index (χ0v) is 22.0. The van der Waals surface area contributed by atoms with E-state index < -0.39 is 36.1 Å². The normalized spacial score (nSPS) is 22.6. The summed E-state index contributed by atoms with van der Waals surface area (Å²) < 4.78 is 28.3. The van der Waals surface area contributed by atoms with Crippen molar-refractivity contribution in [1.29, 1.82) is 0 Å². The molecule has 2 rings (SSSR count). The number of nitrogens with zero attached hydrogens (tertiary/aromatic N) is 1. The first-order chi connectivity index (χ1) is 17.0. The number of methoxy groups -OCH3 is 1. The molecule has 0 aromatic carbocycles. The van der Waals surface area contributed by atoms with E-state index >= 15 is 0 Å². The number of aromatic nitrogens is 1. The number of pyridine rings is 1. The van der Waals surface area contributed by atoms with E-state index in [4.69, 9.17) is 23.7 Å². The monoisotopic (exact) mass is 506 g/mol. The molecule has 1 amide bonds. The van der Waals surface area contributed by atoms with Gasteiger partial charge in [0.25, 0.3) is 5.91 Å². The molecular weight excluding hydrogens is 468 g/mol. The number of hydrogen-bond acceptors (Lipinski definition) is 9. The number of hydrogen-bond donors (Lipinski definition) is 1. The Labute approximate surface area is 212 Å². The Morgan fingerprint density at radius 2 is 1.97 bits per heavy atom. The fraction of sp³-hybridized carbons (Fsp3) is 0.615. The van der Waals surface area contributed by atoms with Gasteiger partial charge in [-0.15, -0.1) is 0 Å². The van der Waals surface area contributed by atoms with Crippen LogP contribution in [0.25, 0.3) is 0 Å². The molecule has 0 bridgehead atoms. The molecule has 1 fully saturated rings. The molecule has 4 atom stereocenters. The van der Waals surface area contributed by atoms with Crippen LogP contribution in [0.15, 0.2) is 24.4 Å². The minimum atomic E-state index is -0.941. The Morgan fingerprint density at radius 3 is 2.58 bits per heavy atom. The lowest BCUT2D eigenvalue weighted by atomic mass is 10.0. The van der Waals surface area contributed by atoms with Crippen LogP contribution >= 0.6 is 0 Å². The van der Waals surface area contributed by atoms with Crippen molar-refractivity contribution in [3.63, 3.8) is 0 Å². The van der Waals surface area contributed by atoms with Crippen LogP contribution in [0.4, 0.5) is 0 Å². The van der Waals surface area contributed by atoms with Crippen molar-refractivity contribution in [2.24, 2.45) is 5.92 Å². The van der Waals surface area contributed by atoms with Crippen LogP contribution < -0.4 is 14.8 Å². The smallest absolute Gasteiger partial charge is 0.329 e. The zero-order chi connectivity index (χ0) is 26.8. The second-order valence-electron chi connectivity index (χ2n) is 9.38. The number of cyclic esters (lactones) is 1. The first-order valence-corrected chi connectivity index (χ1v) is 12.1. The maximum absolute atomic E-state index is 13.1. The third-order valence-electron chi connectivity index (χ3n) is 5.42. The molecule has 0 saturated carbocycles. The molecule has 2 heterocycles. The molecule has 0 aliphatic carbocycles. The van der Waals surface area contributed by atoms with Gasteiger partial charge in [0.1, 0.15) is 18.2 Å². The summed E-state index contributed by atoms with van der Waals surface area (Å²) in [4.78, 5) is 41.8. The van der Waals surface area contributed by atoms with E-state index in [9.17, 15) is 14.4 Å². The van der Waals surface area contributed by atoms with E-state index in [1.807, 2.05) is 20.8 Å². The van der Waals surface area contributed by atoms with Gasteiger partial charge in [-0.25, -0.2) is 9.78 Å². The summed E-state index contributed by atoms with van der Waals surface area (Å²) in [6, 6.07) is 0.525. The van der Waals surface area contributed by atoms with Gasteiger partial charge in [0.2, 0.25) is 5.75 Å². The lowest BCUT2D eigenvalue weighted by molar-refractivity contribution is -0.168. The topological polar surface area (TPSA) is 122 Å². The van der Waals surface area contributed by atoms with Crippen LogP contribution in [0.3, 0.4) is 0 Å². The first kappa shape index (κ1) is 29.3. The van der Waals surface area contributed by atoms with E-state index in [-0.39, 0.29) is 29.2 Å². The number of nitrogens with one attached hydrogen (secondary N) is 1. The number of rotatable bonds is 10. The third kappa shape index (κ3) is 8.60. The Kier molecular flexibility index (Phi) is 11.3. The lowest BCUT2D eigenvalue weighted by Crippen LogP contribution is -2.46. The highest BCUT2D eigenvalue weighted by Crippen LogP contribution is 2.30. The molecule has 10 nitrogen and oxygen atoms in total. The lowest BCUT2D eigenvalue weighted by Gasteiger charge is -2.31. The van der Waals surface area contributed by atoms with E-state index in [2.05, 4.69) is 16.9 Å². The van der Waals surface area contributed by atoms with Crippen LogP contribution in [0.2, 0.25) is 0 Å². The summed E-state index contributed by atoms with van der Waals surface area (Å²) in [7, 11) is 1.38. The number of amides is 1. The molecular formula is C26H38N2O8. The molecule has 0 spiro atoms. The predicted molar refractivity (Wildman–Crippen MR) is 132 cm³/mol. The van der Waals surface area contributed by atoms with Crippen LogP contribution in [-0.4, -0.2) is 67.5 Å². The SMILES string of the molecule is C=C(C)COC1CCCC(NC(=O)c2nccc(OC)c2OC(C)=O)C(=O)OC(C)C1OCC(C)C. The van der Waals surface area contributed by atoms with Crippen LogP contribution in [-0.2, 0) is 23.8 Å². The van der Waals surface area contributed by atoms with Crippen molar-refractivity contribution in [1.82, 2.24) is 10.3 Å². The minimum absolute atomic E-state index is 0.120. The Hall–Kier alpha value is -2.98. The van der Waals surface area contributed by atoms with Crippen LogP contribution in [0.1, 0.15) is 64.4 Å². The van der Waals surface area contributed by atoms with Gasteiger partial charge in [-0.1, -0.05) is 26.0 Å². The van der Waals surface area contributed by atoms with Crippen molar-refractivity contribution in [3.05, 3.63) is 30.1 Å². The highest BCUT2D eigenvalue weighted by molar-refractivity contribution is 5.98. The van der Waals surface area contributed by atoms with Gasteiger partial charge < -0.3 is 29.0 Å². The van der Waals surface area contributed by atoms with Crippen molar-refractivity contribution >= 4 is 17.8 Å². The summed E-state index contributed by atoms with van der Waals surface area (Å²) in [6.07, 6.45) is 1.43. The number of carbonyl (C=O) groups excluding carboxylic acids is 3. The average Bonchev–Trinajstić information content (AvgIpc) is 2.85. The molecule has 0 radical (unpaired) electrons. The summed E-state index contributed by atoms with van der Waals surface area (Å²) in [5.74, 6) is -1.59. The molecule has 36 heavy (non-hydrogen) atoms. The maximum Gasteiger partial charge on any atom is 0.329 e. The van der Waals surface area contributed by atoms with Gasteiger partial charge in [0, 0.05) is 25.8 Å². The van der Waals surface area contributed by atoms with Gasteiger partial charge in [0.15, 0.2) is 11.4 Å². The van der Waals surface area contributed by atoms with Gasteiger partial charge in [-0.3, -0.25) is 9.59 Å². The summed E-state index contributed by atoms with van der Waals surface area (Å²) in [6.45, 7) is 13.7. The molecule has 10 heteroatoms. The van der Waals surface area contributed by atoms with Crippen molar-refractivity contribution in [3.8, 4) is 11.5 Å². The molecule has 1 aliphatic rings. The zero-order valence-electron chi connectivity index (χ0n) is 22.0. The van der Waals surface area contributed by atoms with Crippen LogP contribution in [0, 0.1) is 5.92 Å². The summed E-state index contributed by atoms with van der Waals surface area (Å²) in [5, 5.41) is 2.68. The predicted octanol–water partition coefficient (Wildman–Crippen LogP) is 3.23. The number of esters is 2. The van der Waals surface area contributed by atoms with Crippen molar-refractivity contribution in [2.45, 2.75) is 78.2 Å². The fourth-order valence-corrected chi connectivity index (χ4v) is 3.77. The maximum atomic E-state index is 13.1. The highest BCUT2D eigenvalue weighted by Gasteiger charge is 2.36. The first-order valence-electron chi connectivity index (χ1n) is 12.1. The Bertz CT molecular complexity index is 933. The number of carbonyl (C=O) groups is 3. The van der Waals surface area contributed by atoms with Crippen molar-refractivity contribution < 1.29 is 38.1 Å². The van der Waals surface area contributed by atoms with E-state index in [0.717, 1.165) is 5.57 Å². The standard InChI is InChI=1S/C26H38N2O8/c1-15(2)13-33-21-10-8-9-19(26(31)35-17(5)23(21)34-14-16(3)4)28-25(30)22-24(36-18(6)29)20(32-7)11-12-27-22/h11-12,16-17,19,21,23H,1,8-10,13-14H2,2-7H3,(H,28,30). The largest absolute Gasteiger partial charge is 0.493 e. The second-order valence-corrected chi connectivity index (χ2v) is 9.38. The van der Waals surface area contributed by atoms with E-state index in [1.54, 1.807) is 6.92 Å². The Balaban J connectivity index is 2.24. The van der Waals surface area contributed by atoms with E-state index in [0.29, 0.717) is 32.5 Å². The molecule has 1 aromatic heterocycles. The van der Waals surface area contributed by atoms with Gasteiger partial charge in [-0.2, -0.15) is 0 Å².